The van der Waals surface area contributed by atoms with E-state index in [4.69, 9.17) is 5.73 Å². The van der Waals surface area contributed by atoms with Crippen LogP contribution in [-0.4, -0.2) is 0 Å². The lowest BCUT2D eigenvalue weighted by Crippen LogP contribution is -2.11. The van der Waals surface area contributed by atoms with Crippen molar-refractivity contribution in [2.45, 2.75) is 11.1 Å². The molecule has 1 aromatic carbocycles. The minimum atomic E-state index is -4.68. The molecule has 0 radical (unpaired) electrons. The van der Waals surface area contributed by atoms with Crippen LogP contribution in [-0.2, 0) is 6.18 Å². The van der Waals surface area contributed by atoms with Crippen molar-refractivity contribution in [2.24, 2.45) is 0 Å². The minimum absolute atomic E-state index is 0.383. The van der Waals surface area contributed by atoms with Gasteiger partial charge in [0.15, 0.2) is 0 Å². The van der Waals surface area contributed by atoms with E-state index in [1.807, 2.05) is 0 Å². The Hall–Kier alpha value is -0.910. The zero-order valence-corrected chi connectivity index (χ0v) is 7.09. The van der Waals surface area contributed by atoms with Crippen molar-refractivity contribution in [1.29, 1.82) is 0 Å². The van der Waals surface area contributed by atoms with Gasteiger partial charge in [-0.15, -0.1) is 12.6 Å². The summed E-state index contributed by atoms with van der Waals surface area (Å²) in [5.41, 5.74) is 2.78. The average Bonchev–Trinajstić information content (AvgIpc) is 1.95. The fourth-order valence-electron chi connectivity index (χ4n) is 0.881. The van der Waals surface area contributed by atoms with E-state index in [1.54, 1.807) is 0 Å². The number of halogens is 4. The molecular weight excluding hydrogens is 206 g/mol. The van der Waals surface area contributed by atoms with Crippen molar-refractivity contribution < 1.29 is 17.6 Å². The van der Waals surface area contributed by atoms with E-state index in [0.29, 0.717) is 0 Å². The fraction of sp³-hybridized carbons (Fsp3) is 0.143. The Morgan fingerprint density at radius 2 is 1.77 bits per heavy atom. The highest BCUT2D eigenvalue weighted by atomic mass is 32.1. The summed E-state index contributed by atoms with van der Waals surface area (Å²) in [6, 6.07) is 1.75. The van der Waals surface area contributed by atoms with Crippen molar-refractivity contribution in [1.82, 2.24) is 0 Å². The first kappa shape index (κ1) is 10.2. The van der Waals surface area contributed by atoms with Crippen LogP contribution >= 0.6 is 12.6 Å². The number of thiol groups is 1. The lowest BCUT2D eigenvalue weighted by atomic mass is 10.1. The number of hydrogen-bond donors (Lipinski definition) is 2. The Kier molecular flexibility index (Phi) is 2.42. The smallest absolute Gasteiger partial charge is 0.396 e. The highest BCUT2D eigenvalue weighted by Crippen LogP contribution is 2.38. The summed E-state index contributed by atoms with van der Waals surface area (Å²) >= 11 is 3.54. The predicted molar refractivity (Wildman–Crippen MR) is 43.1 cm³/mol. The summed E-state index contributed by atoms with van der Waals surface area (Å²) in [5.74, 6) is -1.09. The monoisotopic (exact) mass is 211 g/mol. The molecule has 0 aromatic heterocycles. The first-order valence-corrected chi connectivity index (χ1v) is 3.63. The second-order valence-electron chi connectivity index (χ2n) is 2.35. The molecule has 0 spiro atoms. The molecule has 1 nitrogen and oxygen atoms in total. The summed E-state index contributed by atoms with van der Waals surface area (Å²) < 4.78 is 49.2. The van der Waals surface area contributed by atoms with Crippen LogP contribution in [0.1, 0.15) is 5.56 Å². The van der Waals surface area contributed by atoms with E-state index in [1.165, 1.54) is 0 Å². The molecule has 1 aromatic rings. The lowest BCUT2D eigenvalue weighted by Gasteiger charge is -2.12. The van der Waals surface area contributed by atoms with Crippen LogP contribution in [0.15, 0.2) is 17.0 Å². The number of benzene rings is 1. The number of hydrogen-bond acceptors (Lipinski definition) is 2. The van der Waals surface area contributed by atoms with Crippen molar-refractivity contribution >= 4 is 18.3 Å². The van der Waals surface area contributed by atoms with E-state index in [-0.39, 0.29) is 4.90 Å². The molecular formula is C7H5F4NS. The molecule has 0 amide bonds. The van der Waals surface area contributed by atoms with Crippen LogP contribution < -0.4 is 5.73 Å². The van der Waals surface area contributed by atoms with Gasteiger partial charge >= 0.3 is 6.18 Å². The lowest BCUT2D eigenvalue weighted by molar-refractivity contribution is -0.139. The van der Waals surface area contributed by atoms with Crippen LogP contribution in [0.2, 0.25) is 0 Å². The van der Waals surface area contributed by atoms with Gasteiger partial charge in [0, 0.05) is 4.90 Å². The summed E-state index contributed by atoms with van der Waals surface area (Å²) in [7, 11) is 0. The largest absolute Gasteiger partial charge is 0.419 e. The normalized spacial score (nSPS) is 11.8. The van der Waals surface area contributed by atoms with Crippen LogP contribution in [0.5, 0.6) is 0 Å². The van der Waals surface area contributed by atoms with Gasteiger partial charge in [0.1, 0.15) is 5.82 Å². The molecule has 13 heavy (non-hydrogen) atoms. The third-order valence-electron chi connectivity index (χ3n) is 1.45. The van der Waals surface area contributed by atoms with Crippen LogP contribution in [0.4, 0.5) is 23.2 Å². The molecule has 0 aliphatic rings. The predicted octanol–water partition coefficient (Wildman–Crippen LogP) is 2.72. The van der Waals surface area contributed by atoms with Gasteiger partial charge in [0.2, 0.25) is 0 Å². The maximum Gasteiger partial charge on any atom is 0.419 e. The molecule has 72 valence electrons. The van der Waals surface area contributed by atoms with Gasteiger partial charge in [0.05, 0.1) is 11.3 Å². The zero-order valence-electron chi connectivity index (χ0n) is 6.19. The Morgan fingerprint density at radius 1 is 1.23 bits per heavy atom. The molecule has 1 rings (SSSR count). The maximum absolute atomic E-state index is 12.6. The Bertz CT molecular complexity index is 334. The second kappa shape index (κ2) is 3.10. The molecule has 0 saturated heterocycles. The van der Waals surface area contributed by atoms with Gasteiger partial charge < -0.3 is 5.73 Å². The molecule has 0 fully saturated rings. The Balaban J connectivity index is 3.43. The number of alkyl halides is 3. The summed E-state index contributed by atoms with van der Waals surface area (Å²) in [6.45, 7) is 0. The summed E-state index contributed by atoms with van der Waals surface area (Å²) in [4.78, 5) is -0.383. The van der Waals surface area contributed by atoms with Crippen molar-refractivity contribution in [3.63, 3.8) is 0 Å². The van der Waals surface area contributed by atoms with E-state index in [2.05, 4.69) is 12.6 Å². The third-order valence-corrected chi connectivity index (χ3v) is 1.83. The fourth-order valence-corrected chi connectivity index (χ4v) is 1.20. The molecule has 0 unspecified atom stereocenters. The van der Waals surface area contributed by atoms with Gasteiger partial charge in [0.25, 0.3) is 0 Å². The topological polar surface area (TPSA) is 26.0 Å². The maximum atomic E-state index is 12.6. The van der Waals surface area contributed by atoms with Crippen LogP contribution in [0.3, 0.4) is 0 Å². The van der Waals surface area contributed by atoms with Gasteiger partial charge in [-0.25, -0.2) is 4.39 Å². The molecule has 0 saturated carbocycles. The summed E-state index contributed by atoms with van der Waals surface area (Å²) in [6.07, 6.45) is -4.68. The standard InChI is InChI=1S/C7H5F4NS/c8-3-1-2-4(13)5(6(3)12)7(9,10)11/h1-2,13H,12H2. The Labute approximate surface area is 77.0 Å². The average molecular weight is 211 g/mol. The number of nitrogen functional groups attached to an aromatic ring is 1. The van der Waals surface area contributed by atoms with Gasteiger partial charge in [-0.05, 0) is 12.1 Å². The number of nitrogens with two attached hydrogens (primary N) is 1. The van der Waals surface area contributed by atoms with E-state index < -0.39 is 23.2 Å². The highest BCUT2D eigenvalue weighted by molar-refractivity contribution is 7.80. The van der Waals surface area contributed by atoms with Crippen molar-refractivity contribution in [3.05, 3.63) is 23.5 Å². The van der Waals surface area contributed by atoms with Gasteiger partial charge in [-0.3, -0.25) is 0 Å². The molecule has 6 heteroatoms. The molecule has 0 atom stereocenters. The quantitative estimate of drug-likeness (QED) is 0.385. The van der Waals surface area contributed by atoms with Crippen molar-refractivity contribution in [2.75, 3.05) is 5.73 Å². The molecule has 0 heterocycles. The molecule has 0 bridgehead atoms. The third kappa shape index (κ3) is 1.88. The summed E-state index contributed by atoms with van der Waals surface area (Å²) in [5, 5.41) is 0. The first-order chi connectivity index (χ1) is 5.84. The van der Waals surface area contributed by atoms with E-state index in [0.717, 1.165) is 12.1 Å². The Morgan fingerprint density at radius 3 is 2.15 bits per heavy atom. The zero-order chi connectivity index (χ0) is 10.2. The van der Waals surface area contributed by atoms with Crippen molar-refractivity contribution in [3.8, 4) is 0 Å². The minimum Gasteiger partial charge on any atom is -0.396 e. The first-order valence-electron chi connectivity index (χ1n) is 3.18. The van der Waals surface area contributed by atoms with Gasteiger partial charge in [-0.1, -0.05) is 0 Å². The van der Waals surface area contributed by atoms with E-state index in [9.17, 15) is 17.6 Å². The molecule has 0 aliphatic carbocycles. The van der Waals surface area contributed by atoms with Crippen LogP contribution in [0.25, 0.3) is 0 Å². The number of anilines is 1. The molecule has 0 aliphatic heterocycles. The molecule has 2 N–H and O–H groups in total. The van der Waals surface area contributed by atoms with E-state index >= 15 is 0 Å². The second-order valence-corrected chi connectivity index (χ2v) is 2.83. The number of rotatable bonds is 0. The van der Waals surface area contributed by atoms with Gasteiger partial charge in [-0.2, -0.15) is 13.2 Å². The van der Waals surface area contributed by atoms with Crippen LogP contribution in [0, 0.1) is 5.82 Å². The SMILES string of the molecule is Nc1c(F)ccc(S)c1C(F)(F)F. The highest BCUT2D eigenvalue weighted by Gasteiger charge is 2.36.